The van der Waals surface area contributed by atoms with Gasteiger partial charge in [0.25, 0.3) is 17.3 Å². The molecule has 1 radical (unpaired) electrons. The molecular formula is C15H6F18FeO6+3. The van der Waals surface area contributed by atoms with Crippen LogP contribution < -0.4 is 0 Å². The van der Waals surface area contributed by atoms with Crippen LogP contribution >= 0.6 is 0 Å². The second-order valence-corrected chi connectivity index (χ2v) is 5.67. The number of ketones is 3. The predicted molar refractivity (Wildman–Crippen MR) is 83.5 cm³/mol. The predicted octanol–water partition coefficient (Wildman–Crippen LogP) is 6.36. The zero-order valence-corrected chi connectivity index (χ0v) is 18.6. The smallest absolute Gasteiger partial charge is 0.504 e. The monoisotopic (exact) mass is 680 g/mol. The number of carbonyl (C=O) groups excluding carboxylic acids is 3. The van der Waals surface area contributed by atoms with Gasteiger partial charge < -0.3 is 15.3 Å². The van der Waals surface area contributed by atoms with Gasteiger partial charge in [-0.25, -0.2) is 0 Å². The van der Waals surface area contributed by atoms with Crippen molar-refractivity contribution in [1.82, 2.24) is 0 Å². The van der Waals surface area contributed by atoms with Gasteiger partial charge in [-0.15, -0.1) is 0 Å². The number of hydrogen-bond acceptors (Lipinski definition) is 6. The number of carbonyl (C=O) groups is 3. The molecule has 25 heteroatoms. The molecule has 0 unspecified atom stereocenters. The number of aliphatic hydroxyl groups excluding tert-OH is 3. The van der Waals surface area contributed by atoms with Gasteiger partial charge in [0.1, 0.15) is 0 Å². The quantitative estimate of drug-likeness (QED) is 0.139. The molecule has 0 rings (SSSR count). The molecule has 40 heavy (non-hydrogen) atoms. The van der Waals surface area contributed by atoms with E-state index in [9.17, 15) is 93.4 Å². The van der Waals surface area contributed by atoms with Gasteiger partial charge in [0.15, 0.2) is 0 Å². The van der Waals surface area contributed by atoms with Gasteiger partial charge in [0.05, 0.1) is 0 Å². The Balaban J connectivity index is -0.000000240. The maximum Gasteiger partial charge on any atom is 3.00 e. The van der Waals surface area contributed by atoms with Crippen LogP contribution in [-0.4, -0.2) is 69.7 Å². The van der Waals surface area contributed by atoms with E-state index in [0.29, 0.717) is 0 Å². The minimum Gasteiger partial charge on any atom is -0.504 e. The normalized spacial score (nSPS) is 14.1. The van der Waals surface area contributed by atoms with E-state index in [1.54, 1.807) is 0 Å². The molecule has 0 aliphatic heterocycles. The fourth-order valence-electron chi connectivity index (χ4n) is 0.864. The molecule has 0 aromatic heterocycles. The molecular weight excluding hydrogens is 674 g/mol. The Morgan fingerprint density at radius 2 is 0.475 bits per heavy atom. The number of aliphatic hydroxyl groups is 3. The largest absolute Gasteiger partial charge is 3.00 e. The van der Waals surface area contributed by atoms with Crippen molar-refractivity contribution in [1.29, 1.82) is 0 Å². The molecule has 0 saturated carbocycles. The van der Waals surface area contributed by atoms with Crippen molar-refractivity contribution in [3.05, 3.63) is 35.5 Å². The van der Waals surface area contributed by atoms with E-state index < -0.39 is 89.9 Å². The molecule has 0 aliphatic carbocycles. The summed E-state index contributed by atoms with van der Waals surface area (Å²) in [6, 6.07) is 0. The van der Waals surface area contributed by atoms with Crippen LogP contribution in [0.1, 0.15) is 0 Å². The Kier molecular flexibility index (Phi) is 16.5. The summed E-state index contributed by atoms with van der Waals surface area (Å²) in [6.45, 7) is 0. The first kappa shape index (κ1) is 43.9. The van der Waals surface area contributed by atoms with E-state index in [1.165, 1.54) is 0 Å². The molecule has 0 aliphatic rings. The molecule has 0 aromatic carbocycles. The molecule has 3 N–H and O–H groups in total. The van der Waals surface area contributed by atoms with Crippen molar-refractivity contribution < 1.29 is 126 Å². The van der Waals surface area contributed by atoms with E-state index in [0.717, 1.165) is 0 Å². The SMILES string of the molecule is O=C(C=C(O)C(F)(F)F)C(F)(F)F.O=C(C=C(O)C(F)(F)F)C(F)(F)F.O=C(C=C(O)C(F)(F)F)C(F)(F)F.[Fe+3]. The number of alkyl halides is 18. The van der Waals surface area contributed by atoms with Gasteiger partial charge in [-0.2, -0.15) is 79.0 Å². The summed E-state index contributed by atoms with van der Waals surface area (Å²) in [7, 11) is 0. The van der Waals surface area contributed by atoms with E-state index in [1.807, 2.05) is 0 Å². The van der Waals surface area contributed by atoms with Crippen LogP contribution in [0.15, 0.2) is 35.5 Å². The first-order valence-electron chi connectivity index (χ1n) is 7.92. The molecule has 6 nitrogen and oxygen atoms in total. The Hall–Kier alpha value is -3.11. The second kappa shape index (κ2) is 15.0. The maximum absolute atomic E-state index is 11.4. The molecule has 0 bridgehead atoms. The van der Waals surface area contributed by atoms with Crippen LogP contribution in [0, 0.1) is 0 Å². The molecule has 0 heterocycles. The van der Waals surface area contributed by atoms with Gasteiger partial charge in [0.2, 0.25) is 17.3 Å². The van der Waals surface area contributed by atoms with Crippen LogP contribution in [0.2, 0.25) is 0 Å². The summed E-state index contributed by atoms with van der Waals surface area (Å²) >= 11 is 0. The topological polar surface area (TPSA) is 112 Å². The summed E-state index contributed by atoms with van der Waals surface area (Å²) < 4.78 is 204. The van der Waals surface area contributed by atoms with Crippen LogP contribution in [0.4, 0.5) is 79.0 Å². The Morgan fingerprint density at radius 1 is 0.350 bits per heavy atom. The van der Waals surface area contributed by atoms with Crippen molar-refractivity contribution in [3.8, 4) is 0 Å². The Labute approximate surface area is 216 Å². The summed E-state index contributed by atoms with van der Waals surface area (Å²) in [5, 5.41) is 23.8. The van der Waals surface area contributed by atoms with Gasteiger partial charge in [0, 0.05) is 18.2 Å². The molecule has 0 atom stereocenters. The summed E-state index contributed by atoms with van der Waals surface area (Å²) in [6.07, 6.45) is -35.0. The standard InChI is InChI=1S/3C5H2F6O2.Fe/c3*6-4(7,8)2(12)1-3(13)5(9,10)11;/h3*1,12H;/q;;;+3. The first-order valence-corrected chi connectivity index (χ1v) is 7.92. The van der Waals surface area contributed by atoms with Crippen LogP contribution in [0.3, 0.4) is 0 Å². The first-order chi connectivity index (χ1) is 16.6. The number of halogens is 18. The Bertz CT molecular complexity index is 834. The molecule has 0 aromatic rings. The van der Waals surface area contributed by atoms with Crippen LogP contribution in [-0.2, 0) is 31.5 Å². The van der Waals surface area contributed by atoms with Crippen LogP contribution in [0.25, 0.3) is 0 Å². The average Bonchev–Trinajstić information content (AvgIpc) is 2.64. The van der Waals surface area contributed by atoms with Crippen molar-refractivity contribution in [3.63, 3.8) is 0 Å². The van der Waals surface area contributed by atoms with E-state index in [4.69, 9.17) is 15.3 Å². The van der Waals surface area contributed by atoms with Gasteiger partial charge in [-0.05, 0) is 0 Å². The second-order valence-electron chi connectivity index (χ2n) is 5.67. The fourth-order valence-corrected chi connectivity index (χ4v) is 0.864. The third-order valence-electron chi connectivity index (χ3n) is 2.51. The summed E-state index contributed by atoms with van der Waals surface area (Å²) in [5.74, 6) is -16.0. The number of rotatable bonds is 3. The third kappa shape index (κ3) is 19.9. The van der Waals surface area contributed by atoms with E-state index in [2.05, 4.69) is 0 Å². The third-order valence-corrected chi connectivity index (χ3v) is 2.51. The van der Waals surface area contributed by atoms with Crippen molar-refractivity contribution in [2.45, 2.75) is 37.1 Å². The van der Waals surface area contributed by atoms with Crippen molar-refractivity contribution in [2.24, 2.45) is 0 Å². The molecule has 0 fully saturated rings. The molecule has 0 amide bonds. The van der Waals surface area contributed by atoms with Crippen molar-refractivity contribution in [2.75, 3.05) is 0 Å². The number of hydrogen-bond donors (Lipinski definition) is 3. The van der Waals surface area contributed by atoms with Gasteiger partial charge >= 0.3 is 54.1 Å². The Morgan fingerprint density at radius 3 is 0.550 bits per heavy atom. The van der Waals surface area contributed by atoms with Crippen LogP contribution in [0.5, 0.6) is 0 Å². The van der Waals surface area contributed by atoms with Gasteiger partial charge in [-0.3, -0.25) is 14.4 Å². The molecule has 0 spiro atoms. The number of allylic oxidation sites excluding steroid dienone is 6. The zero-order valence-electron chi connectivity index (χ0n) is 17.5. The minimum atomic E-state index is -5.42. The molecule has 233 valence electrons. The van der Waals surface area contributed by atoms with E-state index in [-0.39, 0.29) is 17.1 Å². The van der Waals surface area contributed by atoms with E-state index >= 15 is 0 Å². The summed E-state index contributed by atoms with van der Waals surface area (Å²) in [4.78, 5) is 29.6. The zero-order chi connectivity index (χ0) is 32.6. The fraction of sp³-hybridized carbons (Fsp3) is 0.400. The maximum atomic E-state index is 11.4. The summed E-state index contributed by atoms with van der Waals surface area (Å²) in [5.41, 5.74) is 0. The molecule has 0 saturated heterocycles. The average molecular weight is 680 g/mol. The van der Waals surface area contributed by atoms with Gasteiger partial charge in [-0.1, -0.05) is 0 Å². The van der Waals surface area contributed by atoms with Crippen molar-refractivity contribution >= 4 is 17.3 Å². The minimum absolute atomic E-state index is 0.